The average Bonchev–Trinajstić information content (AvgIpc) is 3.23. The van der Waals surface area contributed by atoms with Gasteiger partial charge >= 0.3 is 0 Å². The van der Waals surface area contributed by atoms with Crippen LogP contribution in [0.4, 0.5) is 0 Å². The minimum Gasteiger partial charge on any atom is -0.383 e. The first-order valence-electron chi connectivity index (χ1n) is 8.98. The van der Waals surface area contributed by atoms with Gasteiger partial charge in [-0.2, -0.15) is 0 Å². The van der Waals surface area contributed by atoms with E-state index >= 15 is 0 Å². The van der Waals surface area contributed by atoms with Gasteiger partial charge in [0.05, 0.1) is 17.5 Å². The van der Waals surface area contributed by atoms with Crippen molar-refractivity contribution in [3.63, 3.8) is 0 Å². The third kappa shape index (κ3) is 4.04. The Labute approximate surface area is 152 Å². The lowest BCUT2D eigenvalue weighted by atomic mass is 9.94. The maximum Gasteiger partial charge on any atom is 0.261 e. The van der Waals surface area contributed by atoms with Crippen molar-refractivity contribution < 1.29 is 14.3 Å². The van der Waals surface area contributed by atoms with Crippen molar-refractivity contribution in [2.75, 3.05) is 33.9 Å². The summed E-state index contributed by atoms with van der Waals surface area (Å²) in [5, 5.41) is 8.01. The number of rotatable bonds is 6. The molecule has 1 aromatic heterocycles. The molecule has 2 aliphatic rings. The van der Waals surface area contributed by atoms with Gasteiger partial charge < -0.3 is 15.4 Å². The van der Waals surface area contributed by atoms with Crippen molar-refractivity contribution in [3.8, 4) is 0 Å². The van der Waals surface area contributed by atoms with Crippen LogP contribution in [-0.2, 0) is 22.4 Å². The Balaban J connectivity index is 1.65. The van der Waals surface area contributed by atoms with Gasteiger partial charge in [0.15, 0.2) is 0 Å². The molecule has 0 spiro atoms. The minimum absolute atomic E-state index is 0.00125. The molecule has 2 atom stereocenters. The van der Waals surface area contributed by atoms with Gasteiger partial charge in [-0.05, 0) is 48.6 Å². The van der Waals surface area contributed by atoms with Crippen molar-refractivity contribution in [1.29, 1.82) is 0 Å². The quantitative estimate of drug-likeness (QED) is 0.795. The largest absolute Gasteiger partial charge is 0.383 e. The summed E-state index contributed by atoms with van der Waals surface area (Å²) >= 11 is 1.56. The molecule has 6 nitrogen and oxygen atoms in total. The Bertz CT molecular complexity index is 631. The van der Waals surface area contributed by atoms with E-state index < -0.39 is 0 Å². The first-order valence-corrected chi connectivity index (χ1v) is 9.86. The SMILES string of the molecule is CNC(=O)[C@@H]1C[C@@H](NC(=O)c2scc3c2CCCC3)CN1CCOC. The number of hydrogen-bond donors (Lipinski definition) is 2. The Morgan fingerprint density at radius 3 is 2.92 bits per heavy atom. The van der Waals surface area contributed by atoms with Gasteiger partial charge in [-0.15, -0.1) is 11.3 Å². The summed E-state index contributed by atoms with van der Waals surface area (Å²) in [4.78, 5) is 27.8. The van der Waals surface area contributed by atoms with Crippen LogP contribution < -0.4 is 10.6 Å². The highest BCUT2D eigenvalue weighted by atomic mass is 32.1. The summed E-state index contributed by atoms with van der Waals surface area (Å²) in [5.74, 6) is 0.0174. The zero-order valence-electron chi connectivity index (χ0n) is 15.0. The van der Waals surface area contributed by atoms with Gasteiger partial charge in [0.2, 0.25) is 5.91 Å². The molecule has 7 heteroatoms. The molecule has 3 rings (SSSR count). The number of carbonyl (C=O) groups excluding carboxylic acids is 2. The maximum atomic E-state index is 12.8. The highest BCUT2D eigenvalue weighted by Crippen LogP contribution is 2.30. The molecular formula is C18H27N3O3S. The zero-order valence-corrected chi connectivity index (χ0v) is 15.8. The van der Waals surface area contributed by atoms with E-state index in [1.165, 1.54) is 17.5 Å². The number of hydrogen-bond acceptors (Lipinski definition) is 5. The third-order valence-electron chi connectivity index (χ3n) is 5.18. The van der Waals surface area contributed by atoms with Crippen LogP contribution in [0.3, 0.4) is 0 Å². The van der Waals surface area contributed by atoms with Gasteiger partial charge in [0.25, 0.3) is 5.91 Å². The molecule has 0 aromatic carbocycles. The number of likely N-dealkylation sites (tertiary alicyclic amines) is 1. The van der Waals surface area contributed by atoms with Crippen molar-refractivity contribution in [1.82, 2.24) is 15.5 Å². The summed E-state index contributed by atoms with van der Waals surface area (Å²) in [7, 11) is 3.31. The van der Waals surface area contributed by atoms with Crippen molar-refractivity contribution in [3.05, 3.63) is 21.4 Å². The fraction of sp³-hybridized carbons (Fsp3) is 0.667. The third-order valence-corrected chi connectivity index (χ3v) is 6.25. The topological polar surface area (TPSA) is 70.7 Å². The molecule has 1 aliphatic carbocycles. The number of likely N-dealkylation sites (N-methyl/N-ethyl adjacent to an activating group) is 1. The molecule has 2 N–H and O–H groups in total. The summed E-state index contributed by atoms with van der Waals surface area (Å²) in [6.07, 6.45) is 5.12. The number of ether oxygens (including phenoxy) is 1. The van der Waals surface area contributed by atoms with E-state index in [0.29, 0.717) is 26.1 Å². The van der Waals surface area contributed by atoms with Crippen LogP contribution in [0, 0.1) is 0 Å². The van der Waals surface area contributed by atoms with Gasteiger partial charge in [0.1, 0.15) is 0 Å². The number of thiophene rings is 1. The van der Waals surface area contributed by atoms with Crippen LogP contribution in [0.1, 0.15) is 40.1 Å². The number of nitrogens with one attached hydrogen (secondary N) is 2. The molecule has 0 bridgehead atoms. The Hall–Kier alpha value is -1.44. The lowest BCUT2D eigenvalue weighted by Crippen LogP contribution is -2.43. The highest BCUT2D eigenvalue weighted by molar-refractivity contribution is 7.12. The van der Waals surface area contributed by atoms with Gasteiger partial charge in [-0.25, -0.2) is 0 Å². The molecule has 0 saturated carbocycles. The molecule has 25 heavy (non-hydrogen) atoms. The number of nitrogens with zero attached hydrogens (tertiary/aromatic N) is 1. The molecule has 0 radical (unpaired) electrons. The van der Waals surface area contributed by atoms with Crippen LogP contribution in [-0.4, -0.2) is 62.7 Å². The number of aryl methyl sites for hydroxylation is 1. The van der Waals surface area contributed by atoms with Gasteiger partial charge in [-0.3, -0.25) is 14.5 Å². The molecule has 138 valence electrons. The van der Waals surface area contributed by atoms with Crippen LogP contribution >= 0.6 is 11.3 Å². The summed E-state index contributed by atoms with van der Waals surface area (Å²) in [5.41, 5.74) is 2.59. The normalized spacial score (nSPS) is 23.3. The molecule has 1 aliphatic heterocycles. The van der Waals surface area contributed by atoms with E-state index in [4.69, 9.17) is 4.74 Å². The smallest absolute Gasteiger partial charge is 0.261 e. The van der Waals surface area contributed by atoms with Crippen molar-refractivity contribution >= 4 is 23.2 Å². The van der Waals surface area contributed by atoms with Gasteiger partial charge in [-0.1, -0.05) is 0 Å². The van der Waals surface area contributed by atoms with Crippen LogP contribution in [0.2, 0.25) is 0 Å². The van der Waals surface area contributed by atoms with Gasteiger partial charge in [0, 0.05) is 33.3 Å². The molecule has 2 amide bonds. The van der Waals surface area contributed by atoms with E-state index in [-0.39, 0.29) is 23.9 Å². The molecule has 2 heterocycles. The van der Waals surface area contributed by atoms with E-state index in [1.54, 1.807) is 25.5 Å². The molecule has 1 aromatic rings. The minimum atomic E-state index is -0.206. The van der Waals surface area contributed by atoms with E-state index in [9.17, 15) is 9.59 Å². The van der Waals surface area contributed by atoms with E-state index in [2.05, 4.69) is 20.9 Å². The lowest BCUT2D eigenvalue weighted by molar-refractivity contribution is -0.125. The number of carbonyl (C=O) groups is 2. The Kier molecular flexibility index (Phi) is 6.09. The molecule has 1 fully saturated rings. The van der Waals surface area contributed by atoms with Crippen LogP contribution in [0.5, 0.6) is 0 Å². The second kappa shape index (κ2) is 8.29. The summed E-state index contributed by atoms with van der Waals surface area (Å²) < 4.78 is 5.14. The zero-order chi connectivity index (χ0) is 17.8. The highest BCUT2D eigenvalue weighted by Gasteiger charge is 2.37. The van der Waals surface area contributed by atoms with E-state index in [0.717, 1.165) is 24.1 Å². The summed E-state index contributed by atoms with van der Waals surface area (Å²) in [6, 6.07) is -0.212. The Morgan fingerprint density at radius 1 is 1.36 bits per heavy atom. The predicted octanol–water partition coefficient (Wildman–Crippen LogP) is 1.19. The Morgan fingerprint density at radius 2 is 2.16 bits per heavy atom. The fourth-order valence-corrected chi connectivity index (χ4v) is 4.93. The monoisotopic (exact) mass is 365 g/mol. The second-order valence-corrected chi connectivity index (χ2v) is 7.68. The maximum absolute atomic E-state index is 12.8. The first kappa shape index (κ1) is 18.4. The van der Waals surface area contributed by atoms with Crippen molar-refractivity contribution in [2.24, 2.45) is 0 Å². The van der Waals surface area contributed by atoms with Crippen LogP contribution in [0.25, 0.3) is 0 Å². The standard InChI is InChI=1S/C18H27N3O3S/c1-19-17(22)15-9-13(10-21(15)7-8-24-2)20-18(23)16-14-6-4-3-5-12(14)11-25-16/h11,13,15H,3-10H2,1-2H3,(H,19,22)(H,20,23)/t13-,15+/m1/s1. The second-order valence-electron chi connectivity index (χ2n) is 6.80. The summed E-state index contributed by atoms with van der Waals surface area (Å²) in [6.45, 7) is 1.95. The number of amides is 2. The van der Waals surface area contributed by atoms with Crippen molar-refractivity contribution in [2.45, 2.75) is 44.2 Å². The lowest BCUT2D eigenvalue weighted by Gasteiger charge is -2.22. The average molecular weight is 365 g/mol. The fourth-order valence-electron chi connectivity index (χ4n) is 3.86. The molecular weight excluding hydrogens is 338 g/mol. The first-order chi connectivity index (χ1) is 12.1. The number of fused-ring (bicyclic) bond motifs is 1. The van der Waals surface area contributed by atoms with Crippen LogP contribution in [0.15, 0.2) is 5.38 Å². The molecule has 0 unspecified atom stereocenters. The number of methoxy groups -OCH3 is 1. The predicted molar refractivity (Wildman–Crippen MR) is 98.1 cm³/mol. The molecule has 1 saturated heterocycles. The van der Waals surface area contributed by atoms with E-state index in [1.807, 2.05) is 0 Å².